The van der Waals surface area contributed by atoms with E-state index < -0.39 is 0 Å². The Hall–Kier alpha value is -0.780. The summed E-state index contributed by atoms with van der Waals surface area (Å²) < 4.78 is 11.8. The van der Waals surface area contributed by atoms with Gasteiger partial charge in [0, 0.05) is 10.5 Å². The second-order valence-corrected chi connectivity index (χ2v) is 4.34. The average Bonchev–Trinajstić information content (AvgIpc) is 2.61. The van der Waals surface area contributed by atoms with E-state index >= 15 is 0 Å². The monoisotopic (exact) mass is 318 g/mol. The van der Waals surface area contributed by atoms with E-state index in [1.54, 1.807) is 12.1 Å². The first-order chi connectivity index (χ1) is 7.31. The Morgan fingerprint density at radius 3 is 3.13 bits per heavy atom. The zero-order valence-electron chi connectivity index (χ0n) is 8.16. The van der Waals surface area contributed by atoms with Crippen molar-refractivity contribution in [2.75, 3.05) is 17.6 Å². The second kappa shape index (κ2) is 4.83. The number of halogens is 1. The third kappa shape index (κ3) is 2.42. The van der Waals surface area contributed by atoms with Crippen LogP contribution < -0.4 is 9.47 Å². The van der Waals surface area contributed by atoms with Crippen LogP contribution >= 0.6 is 22.6 Å². The molecule has 2 rings (SSSR count). The summed E-state index contributed by atoms with van der Waals surface area (Å²) in [6.45, 7) is 0.863. The minimum Gasteiger partial charge on any atom is -0.493 e. The van der Waals surface area contributed by atoms with Crippen LogP contribution in [0.1, 0.15) is 16.8 Å². The van der Waals surface area contributed by atoms with Crippen molar-refractivity contribution in [3.63, 3.8) is 0 Å². The van der Waals surface area contributed by atoms with Crippen molar-refractivity contribution in [3.8, 4) is 11.5 Å². The van der Waals surface area contributed by atoms with Gasteiger partial charge in [-0.25, -0.2) is 0 Å². The van der Waals surface area contributed by atoms with E-state index in [4.69, 9.17) is 9.47 Å². The van der Waals surface area contributed by atoms with Gasteiger partial charge in [-0.3, -0.25) is 4.79 Å². The molecule has 0 fully saturated rings. The summed E-state index contributed by atoms with van der Waals surface area (Å²) in [6, 6.07) is 5.37. The summed E-state index contributed by atoms with van der Waals surface area (Å²) in [4.78, 5) is 11.3. The molecule has 4 heteroatoms. The molecule has 1 aromatic carbocycles. The predicted octanol–water partition coefficient (Wildman–Crippen LogP) is 2.47. The molecule has 0 aliphatic carbocycles. The van der Waals surface area contributed by atoms with Crippen LogP contribution in [0.15, 0.2) is 18.2 Å². The molecule has 0 unspecified atom stereocenters. The normalized spacial score (nSPS) is 13.5. The summed E-state index contributed by atoms with van der Waals surface area (Å²) >= 11 is 2.31. The molecule has 0 N–H and O–H groups in total. The molecule has 0 amide bonds. The van der Waals surface area contributed by atoms with E-state index in [1.807, 2.05) is 6.07 Å². The Labute approximate surface area is 102 Å². The molecule has 0 saturated heterocycles. The highest BCUT2D eigenvalue weighted by molar-refractivity contribution is 14.1. The Morgan fingerprint density at radius 2 is 2.33 bits per heavy atom. The summed E-state index contributed by atoms with van der Waals surface area (Å²) in [6.07, 6.45) is 1.03. The fourth-order valence-corrected chi connectivity index (χ4v) is 1.72. The molecule has 1 aliphatic rings. The number of hydrogen-bond donors (Lipinski definition) is 0. The average molecular weight is 318 g/mol. The van der Waals surface area contributed by atoms with E-state index in [9.17, 15) is 4.79 Å². The first-order valence-electron chi connectivity index (χ1n) is 4.80. The number of alkyl halides is 1. The molecule has 0 radical (unpaired) electrons. The van der Waals surface area contributed by atoms with E-state index in [0.29, 0.717) is 17.9 Å². The molecule has 80 valence electrons. The van der Waals surface area contributed by atoms with Crippen molar-refractivity contribution in [1.82, 2.24) is 0 Å². The van der Waals surface area contributed by atoms with Crippen molar-refractivity contribution in [2.24, 2.45) is 0 Å². The molecule has 3 nitrogen and oxygen atoms in total. The quantitative estimate of drug-likeness (QED) is 0.486. The maximum Gasteiger partial charge on any atom is 0.203 e. The third-order valence-electron chi connectivity index (χ3n) is 2.16. The molecule has 1 heterocycles. The third-order valence-corrected chi connectivity index (χ3v) is 2.92. The summed E-state index contributed by atoms with van der Waals surface area (Å²) in [5.74, 6) is 1.46. The highest BCUT2D eigenvalue weighted by Gasteiger charge is 2.21. The fourth-order valence-electron chi connectivity index (χ4n) is 1.41. The number of Topliss-reactive ketones (excluding diaryl/α,β-unsaturated/α-hetero) is 1. The first-order valence-corrected chi connectivity index (χ1v) is 6.32. The van der Waals surface area contributed by atoms with E-state index in [1.165, 1.54) is 0 Å². The molecule has 0 bridgehead atoms. The molecule has 0 spiro atoms. The van der Waals surface area contributed by atoms with Crippen LogP contribution in [0.25, 0.3) is 0 Å². The van der Waals surface area contributed by atoms with Crippen LogP contribution in [-0.2, 0) is 0 Å². The zero-order chi connectivity index (χ0) is 10.7. The number of carbonyl (C=O) groups is 1. The highest BCUT2D eigenvalue weighted by Crippen LogP contribution is 2.29. The lowest BCUT2D eigenvalue weighted by Crippen LogP contribution is -1.98. The molecule has 0 atom stereocenters. The van der Waals surface area contributed by atoms with Gasteiger partial charge in [-0.2, -0.15) is 0 Å². The number of carbonyl (C=O) groups excluding carboxylic acids is 1. The van der Waals surface area contributed by atoms with Gasteiger partial charge in [-0.1, -0.05) is 22.6 Å². The predicted molar refractivity (Wildman–Crippen MR) is 65.3 cm³/mol. The fraction of sp³-hybridized carbons (Fsp3) is 0.364. The summed E-state index contributed by atoms with van der Waals surface area (Å²) in [5.41, 5.74) is 0.663. The van der Waals surface area contributed by atoms with Crippen molar-refractivity contribution in [2.45, 2.75) is 6.42 Å². The van der Waals surface area contributed by atoms with Gasteiger partial charge in [0.05, 0.1) is 12.2 Å². The SMILES string of the molecule is O=C1COc2cc(OCCCI)ccc21. The van der Waals surface area contributed by atoms with E-state index in [-0.39, 0.29) is 12.4 Å². The van der Waals surface area contributed by atoms with Crippen LogP contribution in [0, 0.1) is 0 Å². The van der Waals surface area contributed by atoms with Crippen LogP contribution in [-0.4, -0.2) is 23.4 Å². The van der Waals surface area contributed by atoms with E-state index in [0.717, 1.165) is 16.6 Å². The van der Waals surface area contributed by atoms with Crippen LogP contribution in [0.2, 0.25) is 0 Å². The number of hydrogen-bond acceptors (Lipinski definition) is 3. The number of rotatable bonds is 4. The minimum absolute atomic E-state index is 0.0452. The Balaban J connectivity index is 2.06. The summed E-state index contributed by atoms with van der Waals surface area (Å²) in [7, 11) is 0. The van der Waals surface area contributed by atoms with Gasteiger partial charge >= 0.3 is 0 Å². The molecule has 15 heavy (non-hydrogen) atoms. The largest absolute Gasteiger partial charge is 0.493 e. The standard InChI is InChI=1S/C11H11IO3/c12-4-1-5-14-8-2-3-9-10(13)7-15-11(9)6-8/h2-3,6H,1,4-5,7H2. The van der Waals surface area contributed by atoms with Gasteiger partial charge in [0.2, 0.25) is 5.78 Å². The van der Waals surface area contributed by atoms with Crippen molar-refractivity contribution in [3.05, 3.63) is 23.8 Å². The van der Waals surface area contributed by atoms with Gasteiger partial charge in [0.25, 0.3) is 0 Å². The van der Waals surface area contributed by atoms with Gasteiger partial charge in [0.1, 0.15) is 11.5 Å². The lowest BCUT2D eigenvalue weighted by atomic mass is 10.1. The second-order valence-electron chi connectivity index (χ2n) is 3.26. The van der Waals surface area contributed by atoms with Gasteiger partial charge in [-0.15, -0.1) is 0 Å². The van der Waals surface area contributed by atoms with Crippen molar-refractivity contribution in [1.29, 1.82) is 0 Å². The first kappa shape index (κ1) is 10.7. The number of fused-ring (bicyclic) bond motifs is 1. The molecular formula is C11H11IO3. The Bertz CT molecular complexity index is 376. The number of benzene rings is 1. The molecular weight excluding hydrogens is 307 g/mol. The maximum absolute atomic E-state index is 11.3. The lowest BCUT2D eigenvalue weighted by molar-refractivity contribution is 0.0961. The highest BCUT2D eigenvalue weighted by atomic mass is 127. The van der Waals surface area contributed by atoms with Crippen LogP contribution in [0.3, 0.4) is 0 Å². The van der Waals surface area contributed by atoms with E-state index in [2.05, 4.69) is 22.6 Å². The Morgan fingerprint density at radius 1 is 1.47 bits per heavy atom. The molecule has 0 saturated carbocycles. The Kier molecular flexibility index (Phi) is 3.45. The number of ether oxygens (including phenoxy) is 2. The topological polar surface area (TPSA) is 35.5 Å². The van der Waals surface area contributed by atoms with Gasteiger partial charge < -0.3 is 9.47 Å². The molecule has 1 aliphatic heterocycles. The van der Waals surface area contributed by atoms with Crippen LogP contribution in [0.5, 0.6) is 11.5 Å². The summed E-state index contributed by atoms with van der Waals surface area (Å²) in [5, 5.41) is 0. The molecule has 0 aromatic heterocycles. The van der Waals surface area contributed by atoms with Gasteiger partial charge in [0.15, 0.2) is 6.61 Å². The van der Waals surface area contributed by atoms with Crippen LogP contribution in [0.4, 0.5) is 0 Å². The lowest BCUT2D eigenvalue weighted by Gasteiger charge is -2.05. The van der Waals surface area contributed by atoms with Gasteiger partial charge in [-0.05, 0) is 18.6 Å². The maximum atomic E-state index is 11.3. The molecule has 1 aromatic rings. The minimum atomic E-state index is 0.0452. The van der Waals surface area contributed by atoms with Crippen molar-refractivity contribution < 1.29 is 14.3 Å². The number of ketones is 1. The zero-order valence-corrected chi connectivity index (χ0v) is 10.3. The smallest absolute Gasteiger partial charge is 0.203 e. The van der Waals surface area contributed by atoms with Crippen molar-refractivity contribution >= 4 is 28.4 Å².